The Morgan fingerprint density at radius 2 is 1.90 bits per heavy atom. The van der Waals surface area contributed by atoms with Crippen molar-refractivity contribution < 1.29 is 0 Å². The third kappa shape index (κ3) is 3.64. The molecule has 0 aliphatic carbocycles. The Balaban J connectivity index is 2.24. The number of nitrogens with two attached hydrogens (primary N) is 1. The van der Waals surface area contributed by atoms with Gasteiger partial charge in [-0.1, -0.05) is 41.0 Å². The van der Waals surface area contributed by atoms with Gasteiger partial charge in [0.05, 0.1) is 0 Å². The maximum absolute atomic E-state index is 5.57. The second kappa shape index (κ2) is 5.79. The van der Waals surface area contributed by atoms with Crippen LogP contribution in [0.5, 0.6) is 0 Å². The highest BCUT2D eigenvalue weighted by Gasteiger charge is 2.29. The molecule has 1 aromatic rings. The van der Waals surface area contributed by atoms with E-state index in [1.165, 1.54) is 19.3 Å². The molecule has 0 radical (unpaired) electrons. The smallest absolute Gasteiger partial charge is 0.145 e. The van der Waals surface area contributed by atoms with E-state index in [4.69, 9.17) is 10.8 Å². The van der Waals surface area contributed by atoms with E-state index in [1.807, 2.05) is 6.07 Å². The molecule has 0 spiro atoms. The number of hydrogen-bond acceptors (Lipinski definition) is 5. The molecule has 3 N–H and O–H groups in total. The molecule has 0 amide bonds. The summed E-state index contributed by atoms with van der Waals surface area (Å²) in [5.41, 5.74) is 3.06. The van der Waals surface area contributed by atoms with Crippen LogP contribution in [0.1, 0.15) is 59.7 Å². The molecule has 5 heteroatoms. The number of piperidine rings is 1. The van der Waals surface area contributed by atoms with E-state index in [1.54, 1.807) is 0 Å². The maximum atomic E-state index is 5.57. The highest BCUT2D eigenvalue weighted by Crippen LogP contribution is 2.35. The minimum absolute atomic E-state index is 0.0880. The number of nitrogens with one attached hydrogen (secondary N) is 1. The van der Waals surface area contributed by atoms with Gasteiger partial charge in [0.2, 0.25) is 0 Å². The average molecular weight is 291 g/mol. The Morgan fingerprint density at radius 1 is 1.29 bits per heavy atom. The van der Waals surface area contributed by atoms with Gasteiger partial charge in [-0.3, -0.25) is 0 Å². The Kier molecular flexibility index (Phi) is 4.42. The van der Waals surface area contributed by atoms with Crippen molar-refractivity contribution in [2.24, 2.45) is 11.3 Å². The van der Waals surface area contributed by atoms with Gasteiger partial charge < -0.3 is 10.3 Å². The number of anilines is 2. The molecule has 0 saturated carbocycles. The Bertz CT molecular complexity index is 484. The first-order chi connectivity index (χ1) is 9.77. The fraction of sp³-hybridized carbons (Fsp3) is 0.750. The molecule has 1 aliphatic heterocycles. The fourth-order valence-corrected chi connectivity index (χ4v) is 2.63. The van der Waals surface area contributed by atoms with Crippen LogP contribution in [-0.4, -0.2) is 23.1 Å². The van der Waals surface area contributed by atoms with E-state index in [-0.39, 0.29) is 5.41 Å². The third-order valence-electron chi connectivity index (χ3n) is 4.68. The van der Waals surface area contributed by atoms with Crippen LogP contribution >= 0.6 is 0 Å². The standard InChI is InChI=1S/C16H29N5/c1-6-16(5)7-9-21(10-8-16)13-11-12(20-17)18-14(19-13)15(2,3)4/h11H,6-10,17H2,1-5H3,(H,18,19,20). The fourth-order valence-electron chi connectivity index (χ4n) is 2.63. The summed E-state index contributed by atoms with van der Waals surface area (Å²) in [6.07, 6.45) is 3.67. The zero-order valence-electron chi connectivity index (χ0n) is 14.0. The van der Waals surface area contributed by atoms with Crippen molar-refractivity contribution in [3.8, 4) is 0 Å². The molecule has 1 aromatic heterocycles. The third-order valence-corrected chi connectivity index (χ3v) is 4.68. The summed E-state index contributed by atoms with van der Waals surface area (Å²) < 4.78 is 0. The van der Waals surface area contributed by atoms with Crippen LogP contribution in [0, 0.1) is 5.41 Å². The Hall–Kier alpha value is -1.36. The normalized spacial score (nSPS) is 18.7. The number of nitrogens with zero attached hydrogens (tertiary/aromatic N) is 3. The lowest BCUT2D eigenvalue weighted by Crippen LogP contribution is -2.39. The zero-order chi connectivity index (χ0) is 15.7. The number of aromatic nitrogens is 2. The van der Waals surface area contributed by atoms with E-state index in [0.29, 0.717) is 11.2 Å². The number of hydrazine groups is 1. The molecule has 2 heterocycles. The van der Waals surface area contributed by atoms with E-state index in [9.17, 15) is 0 Å². The number of rotatable bonds is 3. The van der Waals surface area contributed by atoms with Crippen LogP contribution in [-0.2, 0) is 5.41 Å². The predicted octanol–water partition coefficient (Wildman–Crippen LogP) is 3.08. The molecule has 0 bridgehead atoms. The Morgan fingerprint density at radius 3 is 2.38 bits per heavy atom. The molecule has 0 atom stereocenters. The lowest BCUT2D eigenvalue weighted by molar-refractivity contribution is 0.237. The first-order valence-electron chi connectivity index (χ1n) is 7.88. The molecule has 5 nitrogen and oxygen atoms in total. The van der Waals surface area contributed by atoms with Gasteiger partial charge in [-0.2, -0.15) is 0 Å². The quantitative estimate of drug-likeness (QED) is 0.662. The van der Waals surface area contributed by atoms with Crippen LogP contribution in [0.25, 0.3) is 0 Å². The maximum Gasteiger partial charge on any atom is 0.145 e. The van der Waals surface area contributed by atoms with E-state index in [2.05, 4.69) is 49.9 Å². The van der Waals surface area contributed by atoms with Crippen LogP contribution in [0.15, 0.2) is 6.07 Å². The minimum atomic E-state index is -0.0880. The van der Waals surface area contributed by atoms with Gasteiger partial charge in [-0.05, 0) is 18.3 Å². The van der Waals surface area contributed by atoms with Gasteiger partial charge in [0, 0.05) is 24.6 Å². The largest absolute Gasteiger partial charge is 0.356 e. The summed E-state index contributed by atoms with van der Waals surface area (Å²) in [4.78, 5) is 11.6. The molecule has 118 valence electrons. The lowest BCUT2D eigenvalue weighted by Gasteiger charge is -2.39. The minimum Gasteiger partial charge on any atom is -0.356 e. The van der Waals surface area contributed by atoms with Crippen molar-refractivity contribution in [2.45, 2.75) is 59.3 Å². The molecule has 1 fully saturated rings. The molecular weight excluding hydrogens is 262 g/mol. The molecule has 2 rings (SSSR count). The lowest BCUT2D eigenvalue weighted by atomic mass is 9.78. The highest BCUT2D eigenvalue weighted by atomic mass is 15.3. The molecule has 0 unspecified atom stereocenters. The van der Waals surface area contributed by atoms with Crippen LogP contribution < -0.4 is 16.2 Å². The summed E-state index contributed by atoms with van der Waals surface area (Å²) in [7, 11) is 0. The van der Waals surface area contributed by atoms with E-state index < -0.39 is 0 Å². The van der Waals surface area contributed by atoms with Crippen molar-refractivity contribution in [3.63, 3.8) is 0 Å². The van der Waals surface area contributed by atoms with Crippen molar-refractivity contribution in [1.82, 2.24) is 9.97 Å². The number of nitrogen functional groups attached to an aromatic ring is 1. The highest BCUT2D eigenvalue weighted by molar-refractivity contribution is 5.49. The van der Waals surface area contributed by atoms with Gasteiger partial charge >= 0.3 is 0 Å². The van der Waals surface area contributed by atoms with Crippen LogP contribution in [0.4, 0.5) is 11.6 Å². The summed E-state index contributed by atoms with van der Waals surface area (Å²) in [5, 5.41) is 0. The molecular formula is C16H29N5. The Labute approximate surface area is 128 Å². The topological polar surface area (TPSA) is 67.1 Å². The van der Waals surface area contributed by atoms with Gasteiger partial charge in [0.15, 0.2) is 0 Å². The van der Waals surface area contributed by atoms with E-state index >= 15 is 0 Å². The molecule has 21 heavy (non-hydrogen) atoms. The SMILES string of the molecule is CCC1(C)CCN(c2cc(NN)nc(C(C)(C)C)n2)CC1. The van der Waals surface area contributed by atoms with Crippen molar-refractivity contribution >= 4 is 11.6 Å². The average Bonchev–Trinajstić information content (AvgIpc) is 2.46. The predicted molar refractivity (Wildman–Crippen MR) is 88.4 cm³/mol. The number of hydrogen-bond donors (Lipinski definition) is 2. The second-order valence-electron chi connectivity index (χ2n) is 7.48. The van der Waals surface area contributed by atoms with Crippen molar-refractivity contribution in [2.75, 3.05) is 23.4 Å². The monoisotopic (exact) mass is 291 g/mol. The second-order valence-corrected chi connectivity index (χ2v) is 7.48. The summed E-state index contributed by atoms with van der Waals surface area (Å²) >= 11 is 0. The zero-order valence-corrected chi connectivity index (χ0v) is 14.0. The van der Waals surface area contributed by atoms with Gasteiger partial charge in [0.1, 0.15) is 17.5 Å². The first-order valence-corrected chi connectivity index (χ1v) is 7.88. The van der Waals surface area contributed by atoms with Gasteiger partial charge in [-0.25, -0.2) is 15.8 Å². The van der Waals surface area contributed by atoms with Crippen molar-refractivity contribution in [1.29, 1.82) is 0 Å². The van der Waals surface area contributed by atoms with Crippen LogP contribution in [0.2, 0.25) is 0 Å². The molecule has 1 saturated heterocycles. The van der Waals surface area contributed by atoms with Gasteiger partial charge in [-0.15, -0.1) is 0 Å². The van der Waals surface area contributed by atoms with Crippen LogP contribution in [0.3, 0.4) is 0 Å². The summed E-state index contributed by atoms with van der Waals surface area (Å²) in [5.74, 6) is 8.07. The van der Waals surface area contributed by atoms with Crippen molar-refractivity contribution in [3.05, 3.63) is 11.9 Å². The first kappa shape index (κ1) is 16.0. The molecule has 1 aliphatic rings. The summed E-state index contributed by atoms with van der Waals surface area (Å²) in [6.45, 7) is 13.1. The summed E-state index contributed by atoms with van der Waals surface area (Å²) in [6, 6.07) is 1.95. The van der Waals surface area contributed by atoms with Gasteiger partial charge in [0.25, 0.3) is 0 Å². The molecule has 0 aromatic carbocycles. The van der Waals surface area contributed by atoms with E-state index in [0.717, 1.165) is 24.7 Å².